The fraction of sp³-hybridized carbons (Fsp3) is 0.143. The number of methoxy groups -OCH3 is 1. The van der Waals surface area contributed by atoms with Gasteiger partial charge in [-0.3, -0.25) is 10.1 Å². The van der Waals surface area contributed by atoms with Crippen LogP contribution in [0.2, 0.25) is 10.0 Å². The molecular weight excluding hydrogens is 363 g/mol. The molecule has 0 saturated carbocycles. The van der Waals surface area contributed by atoms with Crippen molar-refractivity contribution in [2.75, 3.05) is 12.4 Å². The van der Waals surface area contributed by atoms with Crippen molar-refractivity contribution in [2.24, 2.45) is 0 Å². The summed E-state index contributed by atoms with van der Waals surface area (Å²) < 4.78 is 5.91. The number of anilines is 1. The minimum atomic E-state index is -0.296. The van der Waals surface area contributed by atoms with E-state index in [1.807, 2.05) is 12.3 Å². The average Bonchev–Trinajstić information content (AvgIpc) is 3.04. The van der Waals surface area contributed by atoms with Gasteiger partial charge in [0, 0.05) is 10.8 Å². The summed E-state index contributed by atoms with van der Waals surface area (Å²) in [4.78, 5) is 17.0. The Morgan fingerprint density at radius 3 is 2.73 bits per heavy atom. The number of fused-ring (bicyclic) bond motifs is 1. The van der Waals surface area contributed by atoms with Crippen LogP contribution in [-0.4, -0.2) is 18.0 Å². The lowest BCUT2D eigenvalue weighted by molar-refractivity contribution is 0.103. The Hall–Kier alpha value is -1.34. The number of hydrogen-bond donors (Lipinski definition) is 1. The van der Waals surface area contributed by atoms with Crippen molar-refractivity contribution in [1.29, 1.82) is 0 Å². The number of carbonyl (C=O) groups is 1. The van der Waals surface area contributed by atoms with E-state index >= 15 is 0 Å². The second kappa shape index (κ2) is 6.04. The fourth-order valence-corrected chi connectivity index (χ4v) is 4.42. The molecule has 0 atom stereocenters. The van der Waals surface area contributed by atoms with Crippen LogP contribution in [0.15, 0.2) is 17.5 Å². The molecule has 2 aromatic heterocycles. The van der Waals surface area contributed by atoms with Crippen LogP contribution < -0.4 is 10.1 Å². The van der Waals surface area contributed by atoms with Crippen molar-refractivity contribution < 1.29 is 9.53 Å². The van der Waals surface area contributed by atoms with Gasteiger partial charge in [0.1, 0.15) is 15.6 Å². The summed E-state index contributed by atoms with van der Waals surface area (Å²) in [5, 5.41) is 6.73. The number of ether oxygens (including phenoxy) is 1. The number of thiophene rings is 1. The van der Waals surface area contributed by atoms with E-state index in [4.69, 9.17) is 27.9 Å². The standard InChI is InChI=1S/C14H10Cl2N2O2S2/c1-6-5-21-14(17-6)18-13(19)12-9(15)7-3-4-8(20-2)10(16)11(7)22-12/h3-5H,1-2H3,(H,17,18,19). The Morgan fingerprint density at radius 2 is 2.09 bits per heavy atom. The molecule has 4 nitrogen and oxygen atoms in total. The Morgan fingerprint density at radius 1 is 1.32 bits per heavy atom. The first kappa shape index (κ1) is 15.6. The summed E-state index contributed by atoms with van der Waals surface area (Å²) in [6.07, 6.45) is 0. The lowest BCUT2D eigenvalue weighted by atomic mass is 10.2. The third kappa shape index (κ3) is 2.67. The number of rotatable bonds is 3. The number of thiazole rings is 1. The van der Waals surface area contributed by atoms with Crippen molar-refractivity contribution in [1.82, 2.24) is 4.98 Å². The van der Waals surface area contributed by atoms with Crippen molar-refractivity contribution in [2.45, 2.75) is 6.92 Å². The largest absolute Gasteiger partial charge is 0.495 e. The zero-order valence-electron chi connectivity index (χ0n) is 11.6. The monoisotopic (exact) mass is 372 g/mol. The molecule has 0 spiro atoms. The highest BCUT2D eigenvalue weighted by atomic mass is 35.5. The van der Waals surface area contributed by atoms with Gasteiger partial charge in [0.15, 0.2) is 5.13 Å². The van der Waals surface area contributed by atoms with E-state index in [2.05, 4.69) is 10.3 Å². The van der Waals surface area contributed by atoms with Gasteiger partial charge in [-0.2, -0.15) is 0 Å². The second-order valence-corrected chi connectivity index (χ2v) is 7.09. The lowest BCUT2D eigenvalue weighted by Crippen LogP contribution is -2.10. The van der Waals surface area contributed by atoms with Gasteiger partial charge in [0.2, 0.25) is 0 Å². The molecule has 3 aromatic rings. The SMILES string of the molecule is COc1ccc2c(Cl)c(C(=O)Nc3nc(C)cs3)sc2c1Cl. The maximum Gasteiger partial charge on any atom is 0.269 e. The highest BCUT2D eigenvalue weighted by molar-refractivity contribution is 7.22. The summed E-state index contributed by atoms with van der Waals surface area (Å²) in [5.74, 6) is 0.255. The zero-order valence-corrected chi connectivity index (χ0v) is 14.7. The van der Waals surface area contributed by atoms with Gasteiger partial charge in [-0.15, -0.1) is 22.7 Å². The van der Waals surface area contributed by atoms with Crippen molar-refractivity contribution in [3.8, 4) is 5.75 Å². The first-order chi connectivity index (χ1) is 10.5. The van der Waals surface area contributed by atoms with Crippen LogP contribution in [0.1, 0.15) is 15.4 Å². The Labute approximate surface area is 144 Å². The van der Waals surface area contributed by atoms with Gasteiger partial charge in [-0.1, -0.05) is 23.2 Å². The minimum absolute atomic E-state index is 0.296. The van der Waals surface area contributed by atoms with E-state index in [-0.39, 0.29) is 5.91 Å². The van der Waals surface area contributed by atoms with Crippen LogP contribution >= 0.6 is 45.9 Å². The highest BCUT2D eigenvalue weighted by Gasteiger charge is 2.21. The van der Waals surface area contributed by atoms with Crippen LogP contribution in [0.4, 0.5) is 5.13 Å². The predicted molar refractivity (Wildman–Crippen MR) is 93.2 cm³/mol. The summed E-state index contributed by atoms with van der Waals surface area (Å²) in [6, 6.07) is 3.53. The molecule has 0 bridgehead atoms. The Kier molecular flexibility index (Phi) is 4.27. The normalized spacial score (nSPS) is 10.9. The Balaban J connectivity index is 2.02. The number of benzene rings is 1. The van der Waals surface area contributed by atoms with Crippen molar-refractivity contribution in [3.05, 3.63) is 38.1 Å². The number of nitrogens with zero attached hydrogens (tertiary/aromatic N) is 1. The first-order valence-corrected chi connectivity index (χ1v) is 8.64. The molecule has 8 heteroatoms. The summed E-state index contributed by atoms with van der Waals surface area (Å²) in [6.45, 7) is 1.87. The molecule has 0 fully saturated rings. The number of hydrogen-bond acceptors (Lipinski definition) is 5. The van der Waals surface area contributed by atoms with E-state index < -0.39 is 0 Å². The smallest absolute Gasteiger partial charge is 0.269 e. The van der Waals surface area contributed by atoms with Crippen molar-refractivity contribution in [3.63, 3.8) is 0 Å². The molecular formula is C14H10Cl2N2O2S2. The highest BCUT2D eigenvalue weighted by Crippen LogP contribution is 2.43. The zero-order chi connectivity index (χ0) is 15.9. The predicted octanol–water partition coefficient (Wildman–Crippen LogP) is 5.23. The van der Waals surface area contributed by atoms with Gasteiger partial charge in [-0.05, 0) is 19.1 Å². The number of carbonyl (C=O) groups excluding carboxylic acids is 1. The molecule has 3 rings (SSSR count). The molecule has 0 saturated heterocycles. The summed E-state index contributed by atoms with van der Waals surface area (Å²) >= 11 is 15.2. The molecule has 1 amide bonds. The Bertz CT molecular complexity index is 873. The molecule has 2 heterocycles. The van der Waals surface area contributed by atoms with Gasteiger partial charge in [-0.25, -0.2) is 4.98 Å². The van der Waals surface area contributed by atoms with Crippen molar-refractivity contribution >= 4 is 67.0 Å². The fourth-order valence-electron chi connectivity index (χ4n) is 1.95. The van der Waals surface area contributed by atoms with Crippen LogP contribution in [-0.2, 0) is 0 Å². The van der Waals surface area contributed by atoms with E-state index in [1.165, 1.54) is 22.7 Å². The maximum atomic E-state index is 12.4. The van der Waals surface area contributed by atoms with Gasteiger partial charge >= 0.3 is 0 Å². The molecule has 0 unspecified atom stereocenters. The first-order valence-electron chi connectivity index (χ1n) is 6.19. The third-order valence-electron chi connectivity index (χ3n) is 2.97. The number of nitrogens with one attached hydrogen (secondary N) is 1. The van der Waals surface area contributed by atoms with Crippen LogP contribution in [0.3, 0.4) is 0 Å². The number of aryl methyl sites for hydroxylation is 1. The number of halogens is 2. The molecule has 0 aliphatic rings. The summed E-state index contributed by atoms with van der Waals surface area (Å²) in [7, 11) is 1.54. The van der Waals surface area contributed by atoms with Crippen LogP contribution in [0.5, 0.6) is 5.75 Å². The van der Waals surface area contributed by atoms with Gasteiger partial charge < -0.3 is 4.74 Å². The number of aromatic nitrogens is 1. The molecule has 1 N–H and O–H groups in total. The molecule has 0 aliphatic heterocycles. The molecule has 0 aliphatic carbocycles. The second-order valence-electron chi connectivity index (χ2n) is 4.45. The van der Waals surface area contributed by atoms with Gasteiger partial charge in [0.05, 0.1) is 22.5 Å². The molecule has 0 radical (unpaired) electrons. The van der Waals surface area contributed by atoms with E-state index in [0.717, 1.165) is 15.8 Å². The number of amides is 1. The van der Waals surface area contributed by atoms with E-state index in [1.54, 1.807) is 19.2 Å². The van der Waals surface area contributed by atoms with Gasteiger partial charge in [0.25, 0.3) is 5.91 Å². The maximum absolute atomic E-state index is 12.4. The molecule has 22 heavy (non-hydrogen) atoms. The van der Waals surface area contributed by atoms with E-state index in [0.29, 0.717) is 25.8 Å². The molecule has 1 aromatic carbocycles. The quantitative estimate of drug-likeness (QED) is 0.684. The minimum Gasteiger partial charge on any atom is -0.495 e. The average molecular weight is 373 g/mol. The molecule has 114 valence electrons. The lowest BCUT2D eigenvalue weighted by Gasteiger charge is -2.02. The summed E-state index contributed by atoms with van der Waals surface area (Å²) in [5.41, 5.74) is 0.857. The topological polar surface area (TPSA) is 51.2 Å². The van der Waals surface area contributed by atoms with Crippen LogP contribution in [0, 0.1) is 6.92 Å². The van der Waals surface area contributed by atoms with Crippen LogP contribution in [0.25, 0.3) is 10.1 Å². The van der Waals surface area contributed by atoms with E-state index in [9.17, 15) is 4.79 Å². The third-order valence-corrected chi connectivity index (χ3v) is 6.06.